The number of fused-ring (bicyclic) bond motifs is 1. The number of hydrogen-bond donors (Lipinski definition) is 0. The molecule has 26 heavy (non-hydrogen) atoms. The zero-order chi connectivity index (χ0) is 17.8. The first-order chi connectivity index (χ1) is 12.8. The highest BCUT2D eigenvalue weighted by Gasteiger charge is 2.22. The van der Waals surface area contributed by atoms with Crippen LogP contribution in [0.15, 0.2) is 66.9 Å². The summed E-state index contributed by atoms with van der Waals surface area (Å²) in [5, 5.41) is 2.31. The van der Waals surface area contributed by atoms with Crippen LogP contribution < -0.4 is 0 Å². The molecule has 0 N–H and O–H groups in total. The second-order valence-electron chi connectivity index (χ2n) is 7.13. The van der Waals surface area contributed by atoms with Gasteiger partial charge in [0.15, 0.2) is 5.78 Å². The van der Waals surface area contributed by atoms with E-state index in [9.17, 15) is 4.79 Å². The standard InChI is InChI=1S/C23H24N2O/c26-23(20-11-10-18-6-1-2-7-19(18)16-20)12-15-25-14-5-8-21(17-25)22-9-3-4-13-24-22/h1-4,6-7,9-11,13,16,21H,5,8,12,14-15,17H2. The summed E-state index contributed by atoms with van der Waals surface area (Å²) in [7, 11) is 0. The van der Waals surface area contributed by atoms with E-state index in [4.69, 9.17) is 0 Å². The molecule has 132 valence electrons. The lowest BCUT2D eigenvalue weighted by molar-refractivity contribution is 0.0955. The fourth-order valence-corrected chi connectivity index (χ4v) is 3.88. The Bertz CT molecular complexity index is 891. The van der Waals surface area contributed by atoms with E-state index in [1.165, 1.54) is 23.9 Å². The molecule has 1 unspecified atom stereocenters. The molecule has 0 saturated carbocycles. The van der Waals surface area contributed by atoms with Gasteiger partial charge in [-0.15, -0.1) is 0 Å². The molecule has 1 aliphatic heterocycles. The second-order valence-corrected chi connectivity index (χ2v) is 7.13. The molecule has 0 amide bonds. The third-order valence-electron chi connectivity index (χ3n) is 5.34. The van der Waals surface area contributed by atoms with Gasteiger partial charge in [-0.1, -0.05) is 42.5 Å². The average Bonchev–Trinajstić information content (AvgIpc) is 2.72. The summed E-state index contributed by atoms with van der Waals surface area (Å²) < 4.78 is 0. The monoisotopic (exact) mass is 344 g/mol. The van der Waals surface area contributed by atoms with E-state index in [2.05, 4.69) is 34.1 Å². The SMILES string of the molecule is O=C(CCN1CCCC(c2ccccn2)C1)c1ccc2ccccc2c1. The van der Waals surface area contributed by atoms with Gasteiger partial charge in [0.05, 0.1) is 0 Å². The summed E-state index contributed by atoms with van der Waals surface area (Å²) in [5.74, 6) is 0.719. The van der Waals surface area contributed by atoms with Crippen molar-refractivity contribution in [2.75, 3.05) is 19.6 Å². The highest BCUT2D eigenvalue weighted by molar-refractivity contribution is 6.00. The van der Waals surface area contributed by atoms with Crippen LogP contribution in [0.1, 0.15) is 41.2 Å². The highest BCUT2D eigenvalue weighted by atomic mass is 16.1. The summed E-state index contributed by atoms with van der Waals surface area (Å²) in [6, 6.07) is 20.3. The minimum atomic E-state index is 0.232. The van der Waals surface area contributed by atoms with Crippen LogP contribution in [-0.4, -0.2) is 35.3 Å². The largest absolute Gasteiger partial charge is 0.302 e. The van der Waals surface area contributed by atoms with Crippen LogP contribution in [0.2, 0.25) is 0 Å². The number of Topliss-reactive ketones (excluding diaryl/α,β-unsaturated/α-hetero) is 1. The Morgan fingerprint density at radius 3 is 2.73 bits per heavy atom. The van der Waals surface area contributed by atoms with E-state index < -0.39 is 0 Å². The van der Waals surface area contributed by atoms with Gasteiger partial charge in [-0.3, -0.25) is 9.78 Å². The summed E-state index contributed by atoms with van der Waals surface area (Å²) in [4.78, 5) is 19.6. The number of hydrogen-bond acceptors (Lipinski definition) is 3. The maximum Gasteiger partial charge on any atom is 0.164 e. The quantitative estimate of drug-likeness (QED) is 0.630. The van der Waals surface area contributed by atoms with Crippen LogP contribution in [0.5, 0.6) is 0 Å². The molecule has 0 bridgehead atoms. The smallest absolute Gasteiger partial charge is 0.164 e. The van der Waals surface area contributed by atoms with Gasteiger partial charge >= 0.3 is 0 Å². The molecule has 3 heteroatoms. The number of likely N-dealkylation sites (tertiary alicyclic amines) is 1. The maximum absolute atomic E-state index is 12.6. The third kappa shape index (κ3) is 3.83. The molecular formula is C23H24N2O. The average molecular weight is 344 g/mol. The van der Waals surface area contributed by atoms with Gasteiger partial charge in [-0.05, 0) is 48.4 Å². The topological polar surface area (TPSA) is 33.2 Å². The van der Waals surface area contributed by atoms with Crippen LogP contribution in [0, 0.1) is 0 Å². The van der Waals surface area contributed by atoms with Gasteiger partial charge in [-0.25, -0.2) is 0 Å². The van der Waals surface area contributed by atoms with Gasteiger partial charge in [0.1, 0.15) is 0 Å². The van der Waals surface area contributed by atoms with Crippen molar-refractivity contribution in [2.24, 2.45) is 0 Å². The number of carbonyl (C=O) groups is 1. The summed E-state index contributed by atoms with van der Waals surface area (Å²) in [5.41, 5.74) is 2.00. The Morgan fingerprint density at radius 1 is 1.04 bits per heavy atom. The molecule has 0 radical (unpaired) electrons. The number of nitrogens with zero attached hydrogens (tertiary/aromatic N) is 2. The molecule has 2 aromatic carbocycles. The first kappa shape index (κ1) is 16.9. The van der Waals surface area contributed by atoms with Crippen molar-refractivity contribution in [3.63, 3.8) is 0 Å². The lowest BCUT2D eigenvalue weighted by Gasteiger charge is -2.32. The van der Waals surface area contributed by atoms with E-state index in [1.807, 2.05) is 42.6 Å². The molecule has 1 atom stereocenters. The minimum absolute atomic E-state index is 0.232. The molecule has 4 rings (SSSR count). The molecule has 0 spiro atoms. The first-order valence-corrected chi connectivity index (χ1v) is 9.45. The van der Waals surface area contributed by atoms with Crippen LogP contribution in [-0.2, 0) is 0 Å². The van der Waals surface area contributed by atoms with E-state index in [0.29, 0.717) is 12.3 Å². The van der Waals surface area contributed by atoms with Crippen molar-refractivity contribution in [3.8, 4) is 0 Å². The fraction of sp³-hybridized carbons (Fsp3) is 0.304. The molecule has 1 aliphatic rings. The van der Waals surface area contributed by atoms with Gasteiger partial charge in [-0.2, -0.15) is 0 Å². The number of aromatic nitrogens is 1. The first-order valence-electron chi connectivity index (χ1n) is 9.45. The second kappa shape index (κ2) is 7.79. The number of piperidine rings is 1. The van der Waals surface area contributed by atoms with E-state index in [-0.39, 0.29) is 5.78 Å². The van der Waals surface area contributed by atoms with Crippen molar-refractivity contribution in [1.82, 2.24) is 9.88 Å². The molecule has 1 saturated heterocycles. The van der Waals surface area contributed by atoms with Crippen LogP contribution in [0.3, 0.4) is 0 Å². The summed E-state index contributed by atoms with van der Waals surface area (Å²) >= 11 is 0. The Kier molecular flexibility index (Phi) is 5.07. The van der Waals surface area contributed by atoms with Gasteiger partial charge in [0, 0.05) is 42.9 Å². The van der Waals surface area contributed by atoms with Crippen LogP contribution >= 0.6 is 0 Å². The number of ketones is 1. The van der Waals surface area contributed by atoms with Gasteiger partial charge in [0.2, 0.25) is 0 Å². The van der Waals surface area contributed by atoms with Crippen molar-refractivity contribution in [1.29, 1.82) is 0 Å². The number of rotatable bonds is 5. The highest BCUT2D eigenvalue weighted by Crippen LogP contribution is 2.25. The maximum atomic E-state index is 12.6. The lowest BCUT2D eigenvalue weighted by atomic mass is 9.94. The Labute approximate surface area is 154 Å². The molecular weight excluding hydrogens is 320 g/mol. The molecule has 2 heterocycles. The van der Waals surface area contributed by atoms with E-state index in [1.54, 1.807) is 0 Å². The van der Waals surface area contributed by atoms with E-state index in [0.717, 1.165) is 30.6 Å². The zero-order valence-corrected chi connectivity index (χ0v) is 15.0. The van der Waals surface area contributed by atoms with Crippen molar-refractivity contribution in [2.45, 2.75) is 25.2 Å². The molecule has 1 fully saturated rings. The van der Waals surface area contributed by atoms with E-state index >= 15 is 0 Å². The van der Waals surface area contributed by atoms with Crippen molar-refractivity contribution >= 4 is 16.6 Å². The molecule has 3 nitrogen and oxygen atoms in total. The molecule has 0 aliphatic carbocycles. The Balaban J connectivity index is 1.37. The number of carbonyl (C=O) groups excluding carboxylic acids is 1. The predicted molar refractivity (Wildman–Crippen MR) is 106 cm³/mol. The zero-order valence-electron chi connectivity index (χ0n) is 15.0. The van der Waals surface area contributed by atoms with Crippen LogP contribution in [0.25, 0.3) is 10.8 Å². The molecule has 3 aromatic rings. The number of benzene rings is 2. The Hall–Kier alpha value is -2.52. The Morgan fingerprint density at radius 2 is 1.88 bits per heavy atom. The lowest BCUT2D eigenvalue weighted by Crippen LogP contribution is -2.36. The van der Waals surface area contributed by atoms with Crippen molar-refractivity contribution in [3.05, 3.63) is 78.1 Å². The van der Waals surface area contributed by atoms with Gasteiger partial charge < -0.3 is 4.90 Å². The van der Waals surface area contributed by atoms with Crippen molar-refractivity contribution < 1.29 is 4.79 Å². The normalized spacial score (nSPS) is 18.1. The third-order valence-corrected chi connectivity index (χ3v) is 5.34. The minimum Gasteiger partial charge on any atom is -0.302 e. The molecule has 1 aromatic heterocycles. The van der Waals surface area contributed by atoms with Gasteiger partial charge in [0.25, 0.3) is 0 Å². The predicted octanol–water partition coefficient (Wildman–Crippen LogP) is 4.69. The fourth-order valence-electron chi connectivity index (χ4n) is 3.88. The van der Waals surface area contributed by atoms with Crippen LogP contribution in [0.4, 0.5) is 0 Å². The number of pyridine rings is 1. The summed E-state index contributed by atoms with van der Waals surface area (Å²) in [6.45, 7) is 2.91. The summed E-state index contributed by atoms with van der Waals surface area (Å²) in [6.07, 6.45) is 4.81.